The van der Waals surface area contributed by atoms with E-state index >= 15 is 0 Å². The second kappa shape index (κ2) is 8.24. The minimum atomic E-state index is -0.289. The Labute approximate surface area is 157 Å². The Balaban J connectivity index is 1.58. The first-order valence-electron chi connectivity index (χ1n) is 8.71. The lowest BCUT2D eigenvalue weighted by atomic mass is 9.88. The molecule has 0 bridgehead atoms. The van der Waals surface area contributed by atoms with Crippen LogP contribution in [0.25, 0.3) is 10.6 Å². The molecule has 1 amide bonds. The number of nitrogens with zero attached hydrogens (tertiary/aromatic N) is 2. The normalized spacial score (nSPS) is 16.6. The van der Waals surface area contributed by atoms with Crippen molar-refractivity contribution in [3.63, 3.8) is 0 Å². The van der Waals surface area contributed by atoms with E-state index in [2.05, 4.69) is 15.2 Å². The molecule has 1 fully saturated rings. The number of rotatable bonds is 6. The summed E-state index contributed by atoms with van der Waals surface area (Å²) in [5.74, 6) is -0.337. The topological polar surface area (TPSA) is 54.5 Å². The largest absolute Gasteiger partial charge is 0.381 e. The maximum absolute atomic E-state index is 13.3. The van der Waals surface area contributed by atoms with Crippen LogP contribution in [0.5, 0.6) is 0 Å². The SMILES string of the molecule is CN(C)C1(CNC(=O)Cc2csc(-c3cccc(F)c3)n2)CCOCC1. The molecule has 2 heterocycles. The van der Waals surface area contributed by atoms with E-state index in [1.54, 1.807) is 6.07 Å². The number of amides is 1. The van der Waals surface area contributed by atoms with Gasteiger partial charge in [0.1, 0.15) is 10.8 Å². The van der Waals surface area contributed by atoms with Gasteiger partial charge in [-0.2, -0.15) is 0 Å². The third-order valence-corrected chi connectivity index (χ3v) is 5.89. The van der Waals surface area contributed by atoms with Crippen molar-refractivity contribution in [1.82, 2.24) is 15.2 Å². The zero-order valence-electron chi connectivity index (χ0n) is 15.1. The zero-order chi connectivity index (χ0) is 18.6. The average molecular weight is 377 g/mol. The van der Waals surface area contributed by atoms with Crippen molar-refractivity contribution < 1.29 is 13.9 Å². The first-order chi connectivity index (χ1) is 12.5. The Bertz CT molecular complexity index is 757. The number of carbonyl (C=O) groups is 1. The van der Waals surface area contributed by atoms with E-state index in [1.807, 2.05) is 25.5 Å². The Morgan fingerprint density at radius 2 is 2.15 bits per heavy atom. The molecule has 3 rings (SSSR count). The predicted octanol–water partition coefficient (Wildman–Crippen LogP) is 2.72. The predicted molar refractivity (Wildman–Crippen MR) is 101 cm³/mol. The van der Waals surface area contributed by atoms with Crippen LogP contribution in [0.2, 0.25) is 0 Å². The molecule has 1 saturated heterocycles. The number of carbonyl (C=O) groups excluding carboxylic acids is 1. The van der Waals surface area contributed by atoms with Crippen LogP contribution in [-0.2, 0) is 16.0 Å². The number of thiazole rings is 1. The second-order valence-corrected chi connectivity index (χ2v) is 7.70. The minimum absolute atomic E-state index is 0.0474. The molecule has 2 aromatic rings. The lowest BCUT2D eigenvalue weighted by molar-refractivity contribution is -0.121. The highest BCUT2D eigenvalue weighted by Gasteiger charge is 2.35. The average Bonchev–Trinajstić information content (AvgIpc) is 3.09. The van der Waals surface area contributed by atoms with Crippen LogP contribution in [0.1, 0.15) is 18.5 Å². The van der Waals surface area contributed by atoms with Gasteiger partial charge in [0, 0.05) is 36.2 Å². The van der Waals surface area contributed by atoms with Gasteiger partial charge in [-0.05, 0) is 39.1 Å². The van der Waals surface area contributed by atoms with Gasteiger partial charge in [-0.15, -0.1) is 11.3 Å². The summed E-state index contributed by atoms with van der Waals surface area (Å²) in [6.07, 6.45) is 2.03. The Morgan fingerprint density at radius 1 is 1.38 bits per heavy atom. The molecule has 26 heavy (non-hydrogen) atoms. The molecule has 0 spiro atoms. The third kappa shape index (κ3) is 4.47. The fraction of sp³-hybridized carbons (Fsp3) is 0.474. The fourth-order valence-electron chi connectivity index (χ4n) is 3.17. The highest BCUT2D eigenvalue weighted by Crippen LogP contribution is 2.26. The van der Waals surface area contributed by atoms with Crippen LogP contribution < -0.4 is 5.32 Å². The first kappa shape index (κ1) is 18.9. The van der Waals surface area contributed by atoms with Crippen LogP contribution in [0.3, 0.4) is 0 Å². The summed E-state index contributed by atoms with van der Waals surface area (Å²) in [6.45, 7) is 2.04. The van der Waals surface area contributed by atoms with Gasteiger partial charge in [-0.25, -0.2) is 9.37 Å². The lowest BCUT2D eigenvalue weighted by Crippen LogP contribution is -2.55. The molecule has 0 atom stereocenters. The first-order valence-corrected chi connectivity index (χ1v) is 9.59. The highest BCUT2D eigenvalue weighted by molar-refractivity contribution is 7.13. The summed E-state index contributed by atoms with van der Waals surface area (Å²) < 4.78 is 18.8. The number of likely N-dealkylation sites (N-methyl/N-ethyl adjacent to an activating group) is 1. The third-order valence-electron chi connectivity index (χ3n) is 4.95. The summed E-state index contributed by atoms with van der Waals surface area (Å²) in [4.78, 5) is 19.0. The maximum Gasteiger partial charge on any atom is 0.226 e. The van der Waals surface area contributed by atoms with Crippen LogP contribution >= 0.6 is 11.3 Å². The molecule has 140 valence electrons. The van der Waals surface area contributed by atoms with Gasteiger partial charge in [-0.1, -0.05) is 12.1 Å². The Morgan fingerprint density at radius 3 is 2.85 bits per heavy atom. The monoisotopic (exact) mass is 377 g/mol. The summed E-state index contributed by atoms with van der Waals surface area (Å²) >= 11 is 1.42. The zero-order valence-corrected chi connectivity index (χ0v) is 15.9. The second-order valence-electron chi connectivity index (χ2n) is 6.84. The van der Waals surface area contributed by atoms with Crippen LogP contribution in [-0.4, -0.2) is 55.2 Å². The number of halogens is 1. The van der Waals surface area contributed by atoms with E-state index in [-0.39, 0.29) is 23.7 Å². The van der Waals surface area contributed by atoms with Crippen molar-refractivity contribution in [2.75, 3.05) is 33.9 Å². The number of benzene rings is 1. The summed E-state index contributed by atoms with van der Waals surface area (Å²) in [5, 5.41) is 5.63. The van der Waals surface area contributed by atoms with Gasteiger partial charge in [-0.3, -0.25) is 4.79 Å². The van der Waals surface area contributed by atoms with Crippen molar-refractivity contribution >= 4 is 17.2 Å². The number of aromatic nitrogens is 1. The molecule has 7 heteroatoms. The minimum Gasteiger partial charge on any atom is -0.381 e. The van der Waals surface area contributed by atoms with Gasteiger partial charge < -0.3 is 15.0 Å². The smallest absolute Gasteiger partial charge is 0.226 e. The molecule has 0 unspecified atom stereocenters. The molecule has 1 aromatic heterocycles. The van der Waals surface area contributed by atoms with Gasteiger partial charge in [0.15, 0.2) is 0 Å². The molecule has 5 nitrogen and oxygen atoms in total. The van der Waals surface area contributed by atoms with Crippen molar-refractivity contribution in [3.8, 4) is 10.6 Å². The quantitative estimate of drug-likeness (QED) is 0.841. The van der Waals surface area contributed by atoms with Crippen molar-refractivity contribution in [2.45, 2.75) is 24.8 Å². The summed E-state index contributed by atoms with van der Waals surface area (Å²) in [7, 11) is 4.09. The molecule has 1 aromatic carbocycles. The molecular formula is C19H24FN3O2S. The number of nitrogens with one attached hydrogen (secondary N) is 1. The molecular weight excluding hydrogens is 353 g/mol. The molecule has 0 radical (unpaired) electrons. The van der Waals surface area contributed by atoms with Gasteiger partial charge >= 0.3 is 0 Å². The Hall–Kier alpha value is -1.83. The number of hydrogen-bond donors (Lipinski definition) is 1. The van der Waals surface area contributed by atoms with E-state index in [1.165, 1.54) is 23.5 Å². The van der Waals surface area contributed by atoms with Crippen molar-refractivity contribution in [3.05, 3.63) is 41.2 Å². The summed E-state index contributed by atoms with van der Waals surface area (Å²) in [5.41, 5.74) is 1.39. The molecule has 0 saturated carbocycles. The van der Waals surface area contributed by atoms with E-state index in [0.29, 0.717) is 12.2 Å². The van der Waals surface area contributed by atoms with Crippen LogP contribution in [0.4, 0.5) is 4.39 Å². The van der Waals surface area contributed by atoms with Crippen LogP contribution in [0.15, 0.2) is 29.6 Å². The van der Waals surface area contributed by atoms with Crippen LogP contribution in [0, 0.1) is 5.82 Å². The van der Waals surface area contributed by atoms with Crippen molar-refractivity contribution in [1.29, 1.82) is 0 Å². The van der Waals surface area contributed by atoms with Gasteiger partial charge in [0.25, 0.3) is 0 Å². The van der Waals surface area contributed by atoms with E-state index in [0.717, 1.165) is 36.6 Å². The van der Waals surface area contributed by atoms with Gasteiger partial charge in [0.2, 0.25) is 5.91 Å². The number of hydrogen-bond acceptors (Lipinski definition) is 5. The van der Waals surface area contributed by atoms with E-state index in [9.17, 15) is 9.18 Å². The highest BCUT2D eigenvalue weighted by atomic mass is 32.1. The molecule has 1 aliphatic heterocycles. The lowest BCUT2D eigenvalue weighted by Gasteiger charge is -2.42. The summed E-state index contributed by atoms with van der Waals surface area (Å²) in [6, 6.07) is 6.34. The maximum atomic E-state index is 13.3. The number of ether oxygens (including phenoxy) is 1. The van der Waals surface area contributed by atoms with E-state index in [4.69, 9.17) is 4.74 Å². The molecule has 1 N–H and O–H groups in total. The fourth-order valence-corrected chi connectivity index (χ4v) is 3.98. The van der Waals surface area contributed by atoms with Gasteiger partial charge in [0.05, 0.1) is 12.1 Å². The standard InChI is InChI=1S/C19H24FN3O2S/c1-23(2)19(6-8-25-9-7-19)13-21-17(24)11-16-12-26-18(22-16)14-4-3-5-15(20)10-14/h3-5,10,12H,6-9,11,13H2,1-2H3,(H,21,24). The van der Waals surface area contributed by atoms with E-state index < -0.39 is 0 Å². The molecule has 0 aliphatic carbocycles. The molecule has 1 aliphatic rings. The Kier molecular flexibility index (Phi) is 6.01. The van der Waals surface area contributed by atoms with Crippen molar-refractivity contribution in [2.24, 2.45) is 0 Å².